The summed E-state index contributed by atoms with van der Waals surface area (Å²) in [5.74, 6) is 0.604. The van der Waals surface area contributed by atoms with Gasteiger partial charge in [-0.25, -0.2) is 4.98 Å². The minimum atomic E-state index is -2.96. The number of nitrogens with one attached hydrogen (secondary N) is 1. The topological polar surface area (TPSA) is 122 Å². The summed E-state index contributed by atoms with van der Waals surface area (Å²) in [5.41, 5.74) is 7.88. The highest BCUT2D eigenvalue weighted by Gasteiger charge is 2.16. The van der Waals surface area contributed by atoms with Gasteiger partial charge in [-0.2, -0.15) is 17.6 Å². The zero-order chi connectivity index (χ0) is 29.8. The lowest BCUT2D eigenvalue weighted by atomic mass is 10.1. The molecule has 3 N–H and O–H groups in total. The summed E-state index contributed by atoms with van der Waals surface area (Å²) >= 11 is 0. The van der Waals surface area contributed by atoms with Crippen molar-refractivity contribution in [2.75, 3.05) is 12.4 Å². The normalized spacial score (nSPS) is 10.5. The molecule has 4 aromatic rings. The summed E-state index contributed by atoms with van der Waals surface area (Å²) in [7, 11) is 1.51. The minimum Gasteiger partial charge on any atom is -0.481 e. The summed E-state index contributed by atoms with van der Waals surface area (Å²) in [4.78, 5) is 15.0. The number of halogens is 4. The molecule has 0 saturated heterocycles. The number of nitro groups is 1. The van der Waals surface area contributed by atoms with Gasteiger partial charge in [0.2, 0.25) is 5.88 Å². The summed E-state index contributed by atoms with van der Waals surface area (Å²) < 4.78 is 62.5. The number of hydrogen-bond acceptors (Lipinski definition) is 8. The van der Waals surface area contributed by atoms with Gasteiger partial charge in [-0.05, 0) is 35.9 Å². The van der Waals surface area contributed by atoms with Gasteiger partial charge in [-0.1, -0.05) is 36.4 Å². The quantitative estimate of drug-likeness (QED) is 0.116. The van der Waals surface area contributed by atoms with E-state index >= 15 is 0 Å². The minimum absolute atomic E-state index is 0.00756. The Hall–Kier alpha value is -4.91. The van der Waals surface area contributed by atoms with Crippen molar-refractivity contribution >= 4 is 11.4 Å². The maximum atomic E-state index is 12.6. The van der Waals surface area contributed by atoms with Gasteiger partial charge in [0.25, 0.3) is 5.69 Å². The van der Waals surface area contributed by atoms with Crippen LogP contribution in [-0.2, 0) is 13.1 Å². The summed E-state index contributed by atoms with van der Waals surface area (Å²) in [5, 5.41) is 14.3. The number of pyridine rings is 1. The highest BCUT2D eigenvalue weighted by atomic mass is 19.3. The molecular weight excluding hydrogens is 548 g/mol. The second kappa shape index (κ2) is 15.0. The third kappa shape index (κ3) is 9.07. The Morgan fingerprint density at radius 1 is 0.878 bits per heavy atom. The average Bonchev–Trinajstić information content (AvgIpc) is 2.96. The lowest BCUT2D eigenvalue weighted by Crippen LogP contribution is -2.08. The lowest BCUT2D eigenvalue weighted by Gasteiger charge is -2.13. The molecule has 0 amide bonds. The number of nitrogens with two attached hydrogens (primary N) is 1. The zero-order valence-electron chi connectivity index (χ0n) is 21.7. The second-order valence-corrected chi connectivity index (χ2v) is 8.11. The first kappa shape index (κ1) is 30.6. The zero-order valence-corrected chi connectivity index (χ0v) is 21.7. The van der Waals surface area contributed by atoms with Gasteiger partial charge in [0, 0.05) is 48.1 Å². The van der Waals surface area contributed by atoms with Gasteiger partial charge in [-0.15, -0.1) is 0 Å². The van der Waals surface area contributed by atoms with E-state index in [0.29, 0.717) is 22.6 Å². The van der Waals surface area contributed by atoms with E-state index in [-0.39, 0.29) is 36.0 Å². The number of anilines is 1. The molecule has 0 fully saturated rings. The number of rotatable bonds is 11. The van der Waals surface area contributed by atoms with E-state index in [1.807, 2.05) is 0 Å². The van der Waals surface area contributed by atoms with Crippen LogP contribution < -0.4 is 25.3 Å². The van der Waals surface area contributed by atoms with Crippen molar-refractivity contribution in [1.82, 2.24) is 4.98 Å². The Labute approximate surface area is 232 Å². The van der Waals surface area contributed by atoms with E-state index in [9.17, 15) is 27.7 Å². The van der Waals surface area contributed by atoms with E-state index in [4.69, 9.17) is 10.5 Å². The van der Waals surface area contributed by atoms with Crippen molar-refractivity contribution in [3.05, 3.63) is 106 Å². The predicted octanol–water partition coefficient (Wildman–Crippen LogP) is 6.63. The molecule has 13 heteroatoms. The molecule has 0 aliphatic rings. The second-order valence-electron chi connectivity index (χ2n) is 8.11. The van der Waals surface area contributed by atoms with Crippen molar-refractivity contribution in [1.29, 1.82) is 0 Å². The number of benzene rings is 3. The van der Waals surface area contributed by atoms with Gasteiger partial charge >= 0.3 is 13.2 Å². The smallest absolute Gasteiger partial charge is 0.387 e. The van der Waals surface area contributed by atoms with Crippen LogP contribution in [0, 0.1) is 10.1 Å². The Bertz CT molecular complexity index is 1430. The number of aromatic nitrogens is 1. The molecule has 0 aliphatic heterocycles. The van der Waals surface area contributed by atoms with Crippen molar-refractivity contribution in [2.45, 2.75) is 26.3 Å². The number of nitro benzene ring substituents is 1. The first-order chi connectivity index (χ1) is 19.7. The molecule has 0 saturated carbocycles. The van der Waals surface area contributed by atoms with Gasteiger partial charge in [0.05, 0.1) is 12.0 Å². The number of methoxy groups -OCH3 is 1. The number of hydrogen-bond donors (Lipinski definition) is 2. The first-order valence-electron chi connectivity index (χ1n) is 12.0. The fraction of sp³-hybridized carbons (Fsp3) is 0.179. The van der Waals surface area contributed by atoms with Crippen LogP contribution >= 0.6 is 0 Å². The highest BCUT2D eigenvalue weighted by molar-refractivity contribution is 5.74. The van der Waals surface area contributed by atoms with Crippen molar-refractivity contribution in [3.8, 4) is 28.5 Å². The average molecular weight is 575 g/mol. The third-order valence-electron chi connectivity index (χ3n) is 5.54. The molecular formula is C28H26F4N4O5. The van der Waals surface area contributed by atoms with Crippen molar-refractivity contribution in [3.63, 3.8) is 0 Å². The monoisotopic (exact) mass is 574 g/mol. The molecule has 0 atom stereocenters. The third-order valence-corrected chi connectivity index (χ3v) is 5.54. The van der Waals surface area contributed by atoms with Crippen LogP contribution in [0.3, 0.4) is 0 Å². The molecule has 216 valence electrons. The van der Waals surface area contributed by atoms with Crippen LogP contribution in [0.4, 0.5) is 28.9 Å². The predicted molar refractivity (Wildman–Crippen MR) is 144 cm³/mol. The maximum Gasteiger partial charge on any atom is 0.387 e. The van der Waals surface area contributed by atoms with Crippen LogP contribution in [0.15, 0.2) is 85.1 Å². The van der Waals surface area contributed by atoms with E-state index in [2.05, 4.69) is 19.8 Å². The van der Waals surface area contributed by atoms with E-state index in [1.165, 1.54) is 25.3 Å². The number of alkyl halides is 4. The summed E-state index contributed by atoms with van der Waals surface area (Å²) in [6.07, 6.45) is 1.59. The SMILES string of the molecule is COc1ccc(-c2ccc([N+](=O)[O-])c(NCc3ccccc3OC(F)F)c2)cn1.NCc1ccccc1OC(F)F. The van der Waals surface area contributed by atoms with Crippen LogP contribution in [0.25, 0.3) is 11.1 Å². The van der Waals surface area contributed by atoms with Gasteiger partial charge in [0.15, 0.2) is 0 Å². The maximum absolute atomic E-state index is 12.6. The molecule has 1 heterocycles. The fourth-order valence-corrected chi connectivity index (χ4v) is 3.62. The van der Waals surface area contributed by atoms with Crippen LogP contribution in [0.2, 0.25) is 0 Å². The van der Waals surface area contributed by atoms with Gasteiger partial charge < -0.3 is 25.3 Å². The van der Waals surface area contributed by atoms with Crippen molar-refractivity contribution in [2.24, 2.45) is 5.73 Å². The molecule has 0 spiro atoms. The molecule has 0 aliphatic carbocycles. The van der Waals surface area contributed by atoms with Crippen LogP contribution in [-0.4, -0.2) is 30.2 Å². The van der Waals surface area contributed by atoms with E-state index < -0.39 is 18.1 Å². The summed E-state index contributed by atoms with van der Waals surface area (Å²) in [6.45, 7) is -5.49. The van der Waals surface area contributed by atoms with Gasteiger partial charge in [-0.3, -0.25) is 10.1 Å². The molecule has 4 rings (SSSR count). The van der Waals surface area contributed by atoms with Crippen molar-refractivity contribution < 1.29 is 36.7 Å². The molecule has 0 bridgehead atoms. The Morgan fingerprint density at radius 3 is 2.00 bits per heavy atom. The molecule has 3 aromatic carbocycles. The molecule has 9 nitrogen and oxygen atoms in total. The molecule has 0 radical (unpaired) electrons. The molecule has 41 heavy (non-hydrogen) atoms. The largest absolute Gasteiger partial charge is 0.481 e. The molecule has 1 aromatic heterocycles. The number of ether oxygens (including phenoxy) is 3. The lowest BCUT2D eigenvalue weighted by molar-refractivity contribution is -0.384. The Morgan fingerprint density at radius 2 is 1.46 bits per heavy atom. The standard InChI is InChI=1S/C20H17F2N3O4.C8H9F2NO/c1-28-19-9-7-14(11-24-19)13-6-8-17(25(26)27)16(10-13)23-12-15-4-2-3-5-18(15)29-20(21)22;9-8(10)12-7-4-2-1-3-6(7)5-11/h2-11,20,23H,12H2,1H3;1-4,8H,5,11H2. The van der Waals surface area contributed by atoms with E-state index in [0.717, 1.165) is 5.56 Å². The van der Waals surface area contributed by atoms with Gasteiger partial charge in [0.1, 0.15) is 17.2 Å². The van der Waals surface area contributed by atoms with Crippen LogP contribution in [0.5, 0.6) is 17.4 Å². The number of nitrogens with zero attached hydrogens (tertiary/aromatic N) is 2. The van der Waals surface area contributed by atoms with E-state index in [1.54, 1.807) is 66.9 Å². The molecule has 0 unspecified atom stereocenters. The van der Waals surface area contributed by atoms with Crippen LogP contribution in [0.1, 0.15) is 11.1 Å². The Balaban J connectivity index is 0.000000322. The number of para-hydroxylation sites is 2. The summed E-state index contributed by atoms with van der Waals surface area (Å²) in [6, 6.07) is 20.8. The first-order valence-corrected chi connectivity index (χ1v) is 12.0. The highest BCUT2D eigenvalue weighted by Crippen LogP contribution is 2.32. The fourth-order valence-electron chi connectivity index (χ4n) is 3.62. The Kier molecular flexibility index (Phi) is 11.2.